The van der Waals surface area contributed by atoms with Crippen molar-refractivity contribution in [1.82, 2.24) is 19.9 Å². The largest absolute Gasteiger partial charge is 0.480 e. The number of amides is 1. The SMILES string of the molecule is Cn1ncc(-c2nc(C3CC3)no2)c1NC(=O)[C@H]1Cc2cc(Cl)ccc2O1. The molecule has 1 saturated carbocycles. The summed E-state index contributed by atoms with van der Waals surface area (Å²) in [5, 5.41) is 11.7. The fourth-order valence-electron chi connectivity index (χ4n) is 3.15. The lowest BCUT2D eigenvalue weighted by Crippen LogP contribution is -2.32. The molecule has 5 rings (SSSR count). The number of nitrogens with zero attached hydrogens (tertiary/aromatic N) is 4. The van der Waals surface area contributed by atoms with Gasteiger partial charge in [0, 0.05) is 24.4 Å². The molecule has 0 bridgehead atoms. The first-order valence-corrected chi connectivity index (χ1v) is 9.08. The summed E-state index contributed by atoms with van der Waals surface area (Å²) in [6, 6.07) is 5.34. The number of halogens is 1. The lowest BCUT2D eigenvalue weighted by molar-refractivity contribution is -0.122. The van der Waals surface area contributed by atoms with Gasteiger partial charge in [0.2, 0.25) is 0 Å². The number of ether oxygens (including phenoxy) is 1. The predicted octanol–water partition coefficient (Wildman–Crippen LogP) is 2.94. The van der Waals surface area contributed by atoms with E-state index in [0.717, 1.165) is 18.4 Å². The van der Waals surface area contributed by atoms with Crippen molar-refractivity contribution in [3.8, 4) is 17.2 Å². The molecule has 3 aromatic rings. The van der Waals surface area contributed by atoms with Crippen LogP contribution in [0.4, 0.5) is 5.82 Å². The Morgan fingerprint density at radius 3 is 3.04 bits per heavy atom. The van der Waals surface area contributed by atoms with E-state index in [1.807, 2.05) is 6.07 Å². The Bertz CT molecular complexity index is 1040. The third kappa shape index (κ3) is 2.95. The number of hydrogen-bond donors (Lipinski definition) is 1. The molecule has 1 atom stereocenters. The first kappa shape index (κ1) is 16.3. The fraction of sp³-hybridized carbons (Fsp3) is 0.333. The Hall–Kier alpha value is -2.87. The number of rotatable bonds is 4. The number of carbonyl (C=O) groups excluding carboxylic acids is 1. The van der Waals surface area contributed by atoms with Crippen LogP contribution in [0.2, 0.25) is 5.02 Å². The van der Waals surface area contributed by atoms with Gasteiger partial charge in [-0.15, -0.1) is 0 Å². The van der Waals surface area contributed by atoms with Crippen LogP contribution in [-0.4, -0.2) is 31.9 Å². The quantitative estimate of drug-likeness (QED) is 0.741. The molecule has 1 aliphatic carbocycles. The summed E-state index contributed by atoms with van der Waals surface area (Å²) in [6.45, 7) is 0. The molecular weight excluding hydrogens is 370 g/mol. The van der Waals surface area contributed by atoms with Gasteiger partial charge >= 0.3 is 0 Å². The van der Waals surface area contributed by atoms with Crippen LogP contribution in [0.15, 0.2) is 28.9 Å². The van der Waals surface area contributed by atoms with Crippen molar-refractivity contribution in [1.29, 1.82) is 0 Å². The van der Waals surface area contributed by atoms with Crippen molar-refractivity contribution in [3.63, 3.8) is 0 Å². The number of benzene rings is 1. The predicted molar refractivity (Wildman–Crippen MR) is 96.7 cm³/mol. The van der Waals surface area contributed by atoms with Crippen molar-refractivity contribution in [2.45, 2.75) is 31.3 Å². The number of anilines is 1. The van der Waals surface area contributed by atoms with Crippen LogP contribution in [0, 0.1) is 0 Å². The summed E-state index contributed by atoms with van der Waals surface area (Å²) in [5.41, 5.74) is 1.50. The van der Waals surface area contributed by atoms with E-state index in [9.17, 15) is 4.79 Å². The van der Waals surface area contributed by atoms with E-state index in [2.05, 4.69) is 20.6 Å². The average Bonchev–Trinajstić information content (AvgIpc) is 3.07. The van der Waals surface area contributed by atoms with Crippen LogP contribution in [0.3, 0.4) is 0 Å². The minimum absolute atomic E-state index is 0.269. The first-order chi connectivity index (χ1) is 13.1. The molecule has 2 aromatic heterocycles. The van der Waals surface area contributed by atoms with Crippen molar-refractivity contribution >= 4 is 23.3 Å². The minimum Gasteiger partial charge on any atom is -0.480 e. The number of nitrogens with one attached hydrogen (secondary N) is 1. The highest BCUT2D eigenvalue weighted by Crippen LogP contribution is 2.39. The maximum absolute atomic E-state index is 12.7. The van der Waals surface area contributed by atoms with Crippen LogP contribution in [0.25, 0.3) is 11.5 Å². The zero-order valence-corrected chi connectivity index (χ0v) is 15.2. The molecule has 0 saturated heterocycles. The number of carbonyl (C=O) groups is 1. The summed E-state index contributed by atoms with van der Waals surface area (Å²) in [5.74, 6) is 2.34. The molecule has 2 aliphatic rings. The second kappa shape index (κ2) is 6.09. The normalized spacial score (nSPS) is 18.2. The van der Waals surface area contributed by atoms with E-state index in [4.69, 9.17) is 20.9 Å². The number of aryl methyl sites for hydroxylation is 1. The van der Waals surface area contributed by atoms with Crippen LogP contribution in [0.5, 0.6) is 5.75 Å². The molecule has 0 unspecified atom stereocenters. The van der Waals surface area contributed by atoms with Crippen molar-refractivity contribution in [2.24, 2.45) is 7.05 Å². The van der Waals surface area contributed by atoms with Gasteiger partial charge in [-0.05, 0) is 36.6 Å². The Morgan fingerprint density at radius 1 is 1.37 bits per heavy atom. The maximum atomic E-state index is 12.7. The monoisotopic (exact) mass is 385 g/mol. The second-order valence-corrected chi connectivity index (χ2v) is 7.25. The molecule has 8 nitrogen and oxygen atoms in total. The molecule has 1 amide bonds. The second-order valence-electron chi connectivity index (χ2n) is 6.81. The molecule has 0 spiro atoms. The van der Waals surface area contributed by atoms with E-state index in [1.54, 1.807) is 30.1 Å². The molecule has 27 heavy (non-hydrogen) atoms. The topological polar surface area (TPSA) is 95.1 Å². The van der Waals surface area contributed by atoms with Crippen LogP contribution >= 0.6 is 11.6 Å². The fourth-order valence-corrected chi connectivity index (χ4v) is 3.35. The highest BCUT2D eigenvalue weighted by molar-refractivity contribution is 6.30. The molecule has 1 N–H and O–H groups in total. The van der Waals surface area contributed by atoms with E-state index in [1.165, 1.54) is 0 Å². The number of aromatic nitrogens is 4. The first-order valence-electron chi connectivity index (χ1n) is 8.70. The van der Waals surface area contributed by atoms with Gasteiger partial charge in [-0.1, -0.05) is 16.8 Å². The minimum atomic E-state index is -0.633. The highest BCUT2D eigenvalue weighted by Gasteiger charge is 2.32. The molecule has 9 heteroatoms. The number of hydrogen-bond acceptors (Lipinski definition) is 6. The average molecular weight is 386 g/mol. The molecule has 3 heterocycles. The van der Waals surface area contributed by atoms with Gasteiger partial charge in [0.15, 0.2) is 11.9 Å². The van der Waals surface area contributed by atoms with Gasteiger partial charge in [0.1, 0.15) is 17.1 Å². The molecule has 1 aromatic carbocycles. The number of fused-ring (bicyclic) bond motifs is 1. The Labute approximate surface area is 159 Å². The molecule has 0 radical (unpaired) electrons. The highest BCUT2D eigenvalue weighted by atomic mass is 35.5. The van der Waals surface area contributed by atoms with E-state index in [0.29, 0.717) is 46.2 Å². The third-order valence-electron chi connectivity index (χ3n) is 4.78. The van der Waals surface area contributed by atoms with E-state index in [-0.39, 0.29) is 5.91 Å². The zero-order valence-electron chi connectivity index (χ0n) is 14.5. The molecule has 1 fully saturated rings. The molecule has 1 aliphatic heterocycles. The van der Waals surface area contributed by atoms with Crippen molar-refractivity contribution in [2.75, 3.05) is 5.32 Å². The zero-order chi connectivity index (χ0) is 18.5. The van der Waals surface area contributed by atoms with Crippen molar-refractivity contribution < 1.29 is 14.1 Å². The lowest BCUT2D eigenvalue weighted by atomic mass is 10.1. The van der Waals surface area contributed by atoms with Gasteiger partial charge in [-0.3, -0.25) is 9.48 Å². The van der Waals surface area contributed by atoms with Crippen LogP contribution < -0.4 is 10.1 Å². The Kier molecular flexibility index (Phi) is 3.68. The van der Waals surface area contributed by atoms with Crippen molar-refractivity contribution in [3.05, 3.63) is 40.8 Å². The maximum Gasteiger partial charge on any atom is 0.266 e. The smallest absolute Gasteiger partial charge is 0.266 e. The Balaban J connectivity index is 1.36. The van der Waals surface area contributed by atoms with Gasteiger partial charge in [0.05, 0.1) is 6.20 Å². The third-order valence-corrected chi connectivity index (χ3v) is 5.02. The van der Waals surface area contributed by atoms with Gasteiger partial charge in [0.25, 0.3) is 11.8 Å². The van der Waals surface area contributed by atoms with Crippen LogP contribution in [-0.2, 0) is 18.3 Å². The standard InChI is InChI=1S/C18H16ClN5O3/c1-24-16(12(8-20-24)18-21-15(23-27-18)9-2-3-9)22-17(25)14-7-10-6-11(19)4-5-13(10)26-14/h4-6,8-9,14H,2-3,7H2,1H3,(H,22,25)/t14-/m1/s1. The summed E-state index contributed by atoms with van der Waals surface area (Å²) in [4.78, 5) is 17.2. The molecule has 138 valence electrons. The Morgan fingerprint density at radius 2 is 2.22 bits per heavy atom. The summed E-state index contributed by atoms with van der Waals surface area (Å²) < 4.78 is 12.7. The van der Waals surface area contributed by atoms with E-state index < -0.39 is 6.10 Å². The summed E-state index contributed by atoms with van der Waals surface area (Å²) >= 11 is 6.01. The molecular formula is C18H16ClN5O3. The van der Waals surface area contributed by atoms with E-state index >= 15 is 0 Å². The van der Waals surface area contributed by atoms with Gasteiger partial charge in [-0.2, -0.15) is 10.1 Å². The van der Waals surface area contributed by atoms with Gasteiger partial charge in [-0.25, -0.2) is 0 Å². The van der Waals surface area contributed by atoms with Gasteiger partial charge < -0.3 is 14.6 Å². The van der Waals surface area contributed by atoms with Crippen LogP contribution in [0.1, 0.15) is 30.1 Å². The summed E-state index contributed by atoms with van der Waals surface area (Å²) in [6.07, 6.45) is 3.59. The lowest BCUT2D eigenvalue weighted by Gasteiger charge is -2.12. The summed E-state index contributed by atoms with van der Waals surface area (Å²) in [7, 11) is 1.74.